The molecule has 1 aliphatic rings. The smallest absolute Gasteiger partial charge is 0.232 e. The molecule has 0 atom stereocenters. The molecule has 1 fully saturated rings. The molecule has 0 radical (unpaired) electrons. The highest BCUT2D eigenvalue weighted by Crippen LogP contribution is 2.26. The first-order valence-corrected chi connectivity index (χ1v) is 11.7. The highest BCUT2D eigenvalue weighted by Gasteiger charge is 2.21. The molecule has 1 aromatic rings. The lowest BCUT2D eigenvalue weighted by Crippen LogP contribution is -2.36. The summed E-state index contributed by atoms with van der Waals surface area (Å²) in [5, 5.41) is 0. The molecule has 0 spiro atoms. The van der Waals surface area contributed by atoms with E-state index in [9.17, 15) is 13.2 Å². The van der Waals surface area contributed by atoms with E-state index in [0.717, 1.165) is 24.7 Å². The number of carbonyl (C=O) groups is 1. The van der Waals surface area contributed by atoms with Crippen LogP contribution in [-0.2, 0) is 14.8 Å². The van der Waals surface area contributed by atoms with Crippen LogP contribution in [0.2, 0.25) is 0 Å². The van der Waals surface area contributed by atoms with Gasteiger partial charge in [-0.1, -0.05) is 6.92 Å². The zero-order valence-corrected chi connectivity index (χ0v) is 17.8. The number of piperidine rings is 1. The second-order valence-corrected chi connectivity index (χ2v) is 9.24. The topological polar surface area (TPSA) is 60.9 Å². The van der Waals surface area contributed by atoms with Crippen LogP contribution in [0.3, 0.4) is 0 Å². The summed E-state index contributed by atoms with van der Waals surface area (Å²) in [7, 11) is -3.45. The Morgan fingerprint density at radius 3 is 2.15 bits per heavy atom. The number of sulfonamides is 1. The van der Waals surface area contributed by atoms with Crippen molar-refractivity contribution in [3.05, 3.63) is 24.3 Å². The standard InChI is InChI=1S/C20H33N3O3S/c1-5-21(6-2)20(24)13-16-23(27(4,25)26)19-9-7-18(8-10-19)22-14-11-17(3)12-15-22/h7-10,17H,5-6,11-16H2,1-4H3. The highest BCUT2D eigenvalue weighted by atomic mass is 32.2. The first kappa shape index (κ1) is 21.5. The maximum atomic E-state index is 12.3. The molecule has 1 amide bonds. The van der Waals surface area contributed by atoms with E-state index in [1.807, 2.05) is 38.1 Å². The maximum absolute atomic E-state index is 12.3. The molecule has 7 heteroatoms. The van der Waals surface area contributed by atoms with Gasteiger partial charge in [-0.2, -0.15) is 0 Å². The van der Waals surface area contributed by atoms with E-state index in [1.165, 1.54) is 23.4 Å². The highest BCUT2D eigenvalue weighted by molar-refractivity contribution is 7.92. The second kappa shape index (κ2) is 9.44. The summed E-state index contributed by atoms with van der Waals surface area (Å²) in [5.41, 5.74) is 1.73. The van der Waals surface area contributed by atoms with Crippen LogP contribution >= 0.6 is 0 Å². The number of carbonyl (C=O) groups excluding carboxylic acids is 1. The van der Waals surface area contributed by atoms with Gasteiger partial charge in [0.05, 0.1) is 11.9 Å². The lowest BCUT2D eigenvalue weighted by molar-refractivity contribution is -0.130. The molecule has 0 N–H and O–H groups in total. The van der Waals surface area contributed by atoms with Crippen molar-refractivity contribution in [3.8, 4) is 0 Å². The van der Waals surface area contributed by atoms with Crippen LogP contribution in [0.15, 0.2) is 24.3 Å². The fourth-order valence-electron chi connectivity index (χ4n) is 3.51. The van der Waals surface area contributed by atoms with Gasteiger partial charge in [-0.3, -0.25) is 9.10 Å². The van der Waals surface area contributed by atoms with Gasteiger partial charge in [0.25, 0.3) is 0 Å². The molecule has 1 heterocycles. The Labute approximate surface area is 164 Å². The number of hydrogen-bond donors (Lipinski definition) is 0. The van der Waals surface area contributed by atoms with E-state index in [-0.39, 0.29) is 18.9 Å². The first-order valence-electron chi connectivity index (χ1n) is 9.86. The maximum Gasteiger partial charge on any atom is 0.232 e. The fourth-order valence-corrected chi connectivity index (χ4v) is 4.44. The lowest BCUT2D eigenvalue weighted by Gasteiger charge is -2.32. The number of anilines is 2. The van der Waals surface area contributed by atoms with E-state index in [1.54, 1.807) is 4.90 Å². The van der Waals surface area contributed by atoms with Gasteiger partial charge in [-0.15, -0.1) is 0 Å². The Morgan fingerprint density at radius 1 is 1.11 bits per heavy atom. The molecule has 1 aliphatic heterocycles. The van der Waals surface area contributed by atoms with Crippen LogP contribution in [0.5, 0.6) is 0 Å². The van der Waals surface area contributed by atoms with Crippen LogP contribution in [0.25, 0.3) is 0 Å². The van der Waals surface area contributed by atoms with Crippen LogP contribution < -0.4 is 9.21 Å². The Morgan fingerprint density at radius 2 is 1.67 bits per heavy atom. The summed E-state index contributed by atoms with van der Waals surface area (Å²) in [4.78, 5) is 16.3. The normalized spacial score (nSPS) is 15.6. The van der Waals surface area contributed by atoms with Crippen LogP contribution in [0.4, 0.5) is 11.4 Å². The number of benzene rings is 1. The number of hydrogen-bond acceptors (Lipinski definition) is 4. The molecular weight excluding hydrogens is 362 g/mol. The molecule has 1 saturated heterocycles. The van der Waals surface area contributed by atoms with Crippen molar-refractivity contribution in [2.24, 2.45) is 5.92 Å². The van der Waals surface area contributed by atoms with Gasteiger partial charge in [-0.05, 0) is 56.9 Å². The minimum Gasteiger partial charge on any atom is -0.372 e. The molecule has 1 aromatic carbocycles. The second-order valence-electron chi connectivity index (χ2n) is 7.34. The summed E-state index contributed by atoms with van der Waals surface area (Å²) in [6.07, 6.45) is 3.74. The largest absolute Gasteiger partial charge is 0.372 e. The van der Waals surface area contributed by atoms with E-state index in [2.05, 4.69) is 11.8 Å². The van der Waals surface area contributed by atoms with E-state index < -0.39 is 10.0 Å². The molecule has 2 rings (SSSR count). The average molecular weight is 396 g/mol. The van der Waals surface area contributed by atoms with Gasteiger partial charge in [0.2, 0.25) is 15.9 Å². The fraction of sp³-hybridized carbons (Fsp3) is 0.650. The summed E-state index contributed by atoms with van der Waals surface area (Å²) < 4.78 is 25.9. The molecule has 152 valence electrons. The third-order valence-electron chi connectivity index (χ3n) is 5.33. The third kappa shape index (κ3) is 5.86. The predicted molar refractivity (Wildman–Crippen MR) is 112 cm³/mol. The lowest BCUT2D eigenvalue weighted by atomic mass is 9.99. The summed E-state index contributed by atoms with van der Waals surface area (Å²) in [6.45, 7) is 9.64. The average Bonchev–Trinajstić information content (AvgIpc) is 2.63. The minimum absolute atomic E-state index is 0.0206. The summed E-state index contributed by atoms with van der Waals surface area (Å²) >= 11 is 0. The molecular formula is C20H33N3O3S. The summed E-state index contributed by atoms with van der Waals surface area (Å²) in [6, 6.07) is 7.65. The Bertz CT molecular complexity index is 706. The SMILES string of the molecule is CCN(CC)C(=O)CCN(c1ccc(N2CCC(C)CC2)cc1)S(C)(=O)=O. The number of rotatable bonds is 8. The molecule has 0 saturated carbocycles. The molecule has 27 heavy (non-hydrogen) atoms. The van der Waals surface area contributed by atoms with Gasteiger partial charge < -0.3 is 9.80 Å². The zero-order chi connectivity index (χ0) is 20.0. The van der Waals surface area contributed by atoms with Crippen molar-refractivity contribution in [2.45, 2.75) is 40.0 Å². The van der Waals surface area contributed by atoms with Crippen LogP contribution in [0.1, 0.15) is 40.0 Å². The van der Waals surface area contributed by atoms with E-state index >= 15 is 0 Å². The van der Waals surface area contributed by atoms with Gasteiger partial charge in [0.15, 0.2) is 0 Å². The van der Waals surface area contributed by atoms with E-state index in [0.29, 0.717) is 18.8 Å². The summed E-state index contributed by atoms with van der Waals surface area (Å²) in [5.74, 6) is 0.747. The van der Waals surface area contributed by atoms with Crippen molar-refractivity contribution in [2.75, 3.05) is 48.2 Å². The van der Waals surface area contributed by atoms with Gasteiger partial charge in [0.1, 0.15) is 0 Å². The van der Waals surface area contributed by atoms with Crippen LogP contribution in [0, 0.1) is 5.92 Å². The quantitative estimate of drug-likeness (QED) is 0.679. The third-order valence-corrected chi connectivity index (χ3v) is 6.53. The van der Waals surface area contributed by atoms with Crippen molar-refractivity contribution < 1.29 is 13.2 Å². The Balaban J connectivity index is 2.09. The molecule has 0 aliphatic carbocycles. The monoisotopic (exact) mass is 395 g/mol. The first-order chi connectivity index (χ1) is 12.8. The predicted octanol–water partition coefficient (Wildman–Crippen LogP) is 2.95. The molecule has 0 aromatic heterocycles. The number of nitrogens with zero attached hydrogens (tertiary/aromatic N) is 3. The van der Waals surface area contributed by atoms with Gasteiger partial charge >= 0.3 is 0 Å². The van der Waals surface area contributed by atoms with Gasteiger partial charge in [0, 0.05) is 44.8 Å². The molecule has 0 bridgehead atoms. The van der Waals surface area contributed by atoms with Crippen molar-refractivity contribution >= 4 is 27.3 Å². The van der Waals surface area contributed by atoms with E-state index in [4.69, 9.17) is 0 Å². The van der Waals surface area contributed by atoms with Crippen LogP contribution in [-0.4, -0.2) is 58.2 Å². The molecule has 0 unspecified atom stereocenters. The zero-order valence-electron chi connectivity index (χ0n) is 17.0. The molecule has 6 nitrogen and oxygen atoms in total. The minimum atomic E-state index is -3.45. The number of amides is 1. The Hall–Kier alpha value is -1.76. The van der Waals surface area contributed by atoms with Crippen molar-refractivity contribution in [1.82, 2.24) is 4.90 Å². The van der Waals surface area contributed by atoms with Gasteiger partial charge in [-0.25, -0.2) is 8.42 Å². The van der Waals surface area contributed by atoms with Crippen molar-refractivity contribution in [3.63, 3.8) is 0 Å². The van der Waals surface area contributed by atoms with Crippen molar-refractivity contribution in [1.29, 1.82) is 0 Å². The Kier molecular flexibility index (Phi) is 7.53.